The van der Waals surface area contributed by atoms with Gasteiger partial charge in [-0.2, -0.15) is 5.10 Å². The highest BCUT2D eigenvalue weighted by Gasteiger charge is 2.23. The molecule has 1 heterocycles. The molecule has 0 amide bonds. The standard InChI is InChI=1S/C21H22N4O2S/c1-15(2)28(26,27)20-7-5-4-6-19(20)18-13-22-21(23-14-18)25-24-12-17-10-8-16(3)9-11-17/h4-15H,1-3H3,(H,22,23,25). The molecule has 3 aromatic rings. The van der Waals surface area contributed by atoms with E-state index in [-0.39, 0.29) is 4.90 Å². The third-order valence-electron chi connectivity index (χ3n) is 4.23. The van der Waals surface area contributed by atoms with Crippen LogP contribution in [0.2, 0.25) is 0 Å². The Balaban J connectivity index is 1.79. The van der Waals surface area contributed by atoms with E-state index in [9.17, 15) is 8.42 Å². The third-order valence-corrected chi connectivity index (χ3v) is 6.44. The lowest BCUT2D eigenvalue weighted by molar-refractivity contribution is 0.587. The van der Waals surface area contributed by atoms with E-state index in [0.29, 0.717) is 17.1 Å². The summed E-state index contributed by atoms with van der Waals surface area (Å²) in [4.78, 5) is 8.76. The van der Waals surface area contributed by atoms with E-state index in [1.54, 1.807) is 56.7 Å². The Hall–Kier alpha value is -3.06. The van der Waals surface area contributed by atoms with Crippen LogP contribution in [0.1, 0.15) is 25.0 Å². The predicted octanol–water partition coefficient (Wildman–Crippen LogP) is 4.08. The number of benzene rings is 2. The molecule has 2 aromatic carbocycles. The molecule has 144 valence electrons. The largest absolute Gasteiger partial charge is 0.245 e. The van der Waals surface area contributed by atoms with Gasteiger partial charge in [0, 0.05) is 23.5 Å². The van der Waals surface area contributed by atoms with Crippen molar-refractivity contribution in [3.63, 3.8) is 0 Å². The van der Waals surface area contributed by atoms with Gasteiger partial charge in [-0.1, -0.05) is 48.0 Å². The molecule has 0 bridgehead atoms. The van der Waals surface area contributed by atoms with E-state index in [1.165, 1.54) is 5.56 Å². The SMILES string of the molecule is Cc1ccc(C=NNc2ncc(-c3ccccc3S(=O)(=O)C(C)C)cn2)cc1. The zero-order chi connectivity index (χ0) is 20.1. The van der Waals surface area contributed by atoms with Gasteiger partial charge in [-0.15, -0.1) is 0 Å². The van der Waals surface area contributed by atoms with E-state index >= 15 is 0 Å². The first kappa shape index (κ1) is 19.7. The molecule has 0 radical (unpaired) electrons. The molecule has 0 aliphatic carbocycles. The van der Waals surface area contributed by atoms with Crippen LogP contribution in [0.15, 0.2) is 70.9 Å². The van der Waals surface area contributed by atoms with Crippen molar-refractivity contribution in [1.82, 2.24) is 9.97 Å². The second-order valence-corrected chi connectivity index (χ2v) is 9.14. The number of sulfone groups is 1. The number of rotatable bonds is 6. The highest BCUT2D eigenvalue weighted by molar-refractivity contribution is 7.92. The minimum Gasteiger partial charge on any atom is -0.245 e. The van der Waals surface area contributed by atoms with Gasteiger partial charge in [0.1, 0.15) is 0 Å². The van der Waals surface area contributed by atoms with Crippen LogP contribution >= 0.6 is 0 Å². The van der Waals surface area contributed by atoms with Crippen molar-refractivity contribution >= 4 is 22.0 Å². The third kappa shape index (κ3) is 4.43. The molecule has 0 saturated carbocycles. The van der Waals surface area contributed by atoms with Gasteiger partial charge in [-0.3, -0.25) is 0 Å². The van der Waals surface area contributed by atoms with Gasteiger partial charge in [0.25, 0.3) is 0 Å². The number of hydrogen-bond donors (Lipinski definition) is 1. The minimum absolute atomic E-state index is 0.284. The number of anilines is 1. The maximum Gasteiger partial charge on any atom is 0.243 e. The molecule has 1 aromatic heterocycles. The maximum atomic E-state index is 12.6. The Morgan fingerprint density at radius 2 is 1.64 bits per heavy atom. The number of hydrogen-bond acceptors (Lipinski definition) is 6. The molecule has 0 spiro atoms. The average molecular weight is 395 g/mol. The molecule has 3 rings (SSSR count). The van der Waals surface area contributed by atoms with Crippen LogP contribution < -0.4 is 5.43 Å². The normalized spacial score (nSPS) is 11.9. The van der Waals surface area contributed by atoms with E-state index in [2.05, 4.69) is 20.5 Å². The Kier molecular flexibility index (Phi) is 5.84. The number of aryl methyl sites for hydroxylation is 1. The van der Waals surface area contributed by atoms with E-state index in [1.807, 2.05) is 31.2 Å². The number of nitrogens with zero attached hydrogens (tertiary/aromatic N) is 3. The molecule has 7 heteroatoms. The zero-order valence-corrected chi connectivity index (χ0v) is 16.8. The van der Waals surface area contributed by atoms with Crippen molar-refractivity contribution in [2.45, 2.75) is 30.9 Å². The van der Waals surface area contributed by atoms with Crippen LogP contribution in [-0.2, 0) is 9.84 Å². The maximum absolute atomic E-state index is 12.6. The number of hydrazone groups is 1. The molecule has 0 saturated heterocycles. The topological polar surface area (TPSA) is 84.3 Å². The number of aromatic nitrogens is 2. The fraction of sp³-hybridized carbons (Fsp3) is 0.190. The molecular formula is C21H22N4O2S. The lowest BCUT2D eigenvalue weighted by Crippen LogP contribution is -2.15. The second kappa shape index (κ2) is 8.31. The zero-order valence-electron chi connectivity index (χ0n) is 16.0. The van der Waals surface area contributed by atoms with Gasteiger partial charge >= 0.3 is 0 Å². The van der Waals surface area contributed by atoms with E-state index < -0.39 is 15.1 Å². The summed E-state index contributed by atoms with van der Waals surface area (Å²) in [5.41, 5.74) is 6.14. The number of nitrogens with one attached hydrogen (secondary N) is 1. The highest BCUT2D eigenvalue weighted by atomic mass is 32.2. The summed E-state index contributed by atoms with van der Waals surface area (Å²) in [5, 5.41) is 3.62. The fourth-order valence-corrected chi connectivity index (χ4v) is 3.82. The fourth-order valence-electron chi connectivity index (χ4n) is 2.55. The summed E-state index contributed by atoms with van der Waals surface area (Å²) in [6.45, 7) is 5.36. The summed E-state index contributed by atoms with van der Waals surface area (Å²) in [6.07, 6.45) is 4.86. The lowest BCUT2D eigenvalue weighted by atomic mass is 10.1. The van der Waals surface area contributed by atoms with Crippen molar-refractivity contribution in [3.8, 4) is 11.1 Å². The van der Waals surface area contributed by atoms with Crippen LogP contribution in [-0.4, -0.2) is 29.9 Å². The Bertz CT molecular complexity index is 1070. The van der Waals surface area contributed by atoms with Crippen LogP contribution in [0.3, 0.4) is 0 Å². The summed E-state index contributed by atoms with van der Waals surface area (Å²) in [5.74, 6) is 0.330. The van der Waals surface area contributed by atoms with Gasteiger partial charge in [-0.25, -0.2) is 23.8 Å². The predicted molar refractivity (Wildman–Crippen MR) is 112 cm³/mol. The van der Waals surface area contributed by atoms with E-state index in [4.69, 9.17) is 0 Å². The first-order valence-corrected chi connectivity index (χ1v) is 10.4. The van der Waals surface area contributed by atoms with Crippen molar-refractivity contribution in [2.24, 2.45) is 5.10 Å². The van der Waals surface area contributed by atoms with Crippen LogP contribution in [0, 0.1) is 6.92 Å². The van der Waals surface area contributed by atoms with Crippen molar-refractivity contribution in [3.05, 3.63) is 72.1 Å². The molecule has 0 aliphatic heterocycles. The van der Waals surface area contributed by atoms with Crippen LogP contribution in [0.25, 0.3) is 11.1 Å². The van der Waals surface area contributed by atoms with Crippen molar-refractivity contribution in [2.75, 3.05) is 5.43 Å². The summed E-state index contributed by atoms with van der Waals surface area (Å²) in [7, 11) is -3.41. The molecule has 0 atom stereocenters. The van der Waals surface area contributed by atoms with E-state index in [0.717, 1.165) is 5.56 Å². The molecule has 0 unspecified atom stereocenters. The highest BCUT2D eigenvalue weighted by Crippen LogP contribution is 2.29. The van der Waals surface area contributed by atoms with Crippen LogP contribution in [0.4, 0.5) is 5.95 Å². The van der Waals surface area contributed by atoms with Gasteiger partial charge in [0.15, 0.2) is 9.84 Å². The Morgan fingerprint density at radius 3 is 2.29 bits per heavy atom. The van der Waals surface area contributed by atoms with Gasteiger partial charge < -0.3 is 0 Å². The molecule has 0 aliphatic rings. The van der Waals surface area contributed by atoms with Gasteiger partial charge in [0.05, 0.1) is 16.4 Å². The second-order valence-electron chi connectivity index (χ2n) is 6.67. The summed E-state index contributed by atoms with van der Waals surface area (Å²) < 4.78 is 25.2. The molecule has 0 fully saturated rings. The van der Waals surface area contributed by atoms with Crippen LogP contribution in [0.5, 0.6) is 0 Å². The van der Waals surface area contributed by atoms with Crippen molar-refractivity contribution < 1.29 is 8.42 Å². The average Bonchev–Trinajstić information content (AvgIpc) is 2.70. The molecule has 6 nitrogen and oxygen atoms in total. The first-order valence-electron chi connectivity index (χ1n) is 8.89. The van der Waals surface area contributed by atoms with Gasteiger partial charge in [0.2, 0.25) is 5.95 Å². The summed E-state index contributed by atoms with van der Waals surface area (Å²) in [6, 6.07) is 14.8. The monoisotopic (exact) mass is 394 g/mol. The smallest absolute Gasteiger partial charge is 0.243 e. The lowest BCUT2D eigenvalue weighted by Gasteiger charge is -2.12. The Morgan fingerprint density at radius 1 is 1.00 bits per heavy atom. The molecule has 1 N–H and O–H groups in total. The van der Waals surface area contributed by atoms with Gasteiger partial charge in [-0.05, 0) is 32.4 Å². The first-order chi connectivity index (χ1) is 13.4. The molecular weight excluding hydrogens is 372 g/mol. The quantitative estimate of drug-likeness (QED) is 0.503. The Labute approximate surface area is 165 Å². The van der Waals surface area contributed by atoms with Crippen molar-refractivity contribution in [1.29, 1.82) is 0 Å². The summed E-state index contributed by atoms with van der Waals surface area (Å²) >= 11 is 0. The minimum atomic E-state index is -3.41. The molecule has 28 heavy (non-hydrogen) atoms.